The SMILES string of the molecule is Cc1nc(-c2ccccn2)sc1C(=O)Nc1cccc(C2(C)NC(=O)NC2=O)c1. The standard InChI is InChI=1S/C20H17N5O3S/c1-11-15(29-17(22-11)14-8-3-4-9-21-14)16(26)23-13-7-5-6-12(10-13)20(2)18(27)24-19(28)25-20/h3-10H,1-2H3,(H,23,26)(H2,24,25,27,28). The number of urea groups is 1. The normalized spacial score (nSPS) is 18.3. The second-order valence-corrected chi connectivity index (χ2v) is 7.72. The van der Waals surface area contributed by atoms with Crippen molar-refractivity contribution in [1.82, 2.24) is 20.6 Å². The molecule has 0 radical (unpaired) electrons. The number of aryl methyl sites for hydroxylation is 1. The van der Waals surface area contributed by atoms with Crippen LogP contribution in [0.4, 0.5) is 10.5 Å². The van der Waals surface area contributed by atoms with Gasteiger partial charge in [0, 0.05) is 11.9 Å². The first kappa shape index (κ1) is 18.8. The third-order valence-corrected chi connectivity index (χ3v) is 5.81. The summed E-state index contributed by atoms with van der Waals surface area (Å²) in [5, 5.41) is 8.35. The van der Waals surface area contributed by atoms with Gasteiger partial charge in [0.15, 0.2) is 0 Å². The smallest absolute Gasteiger partial charge is 0.321 e. The number of imide groups is 1. The Labute approximate surface area is 170 Å². The van der Waals surface area contributed by atoms with Gasteiger partial charge in [-0.2, -0.15) is 0 Å². The minimum absolute atomic E-state index is 0.301. The van der Waals surface area contributed by atoms with Gasteiger partial charge < -0.3 is 10.6 Å². The van der Waals surface area contributed by atoms with Gasteiger partial charge in [-0.15, -0.1) is 11.3 Å². The number of hydrogen-bond donors (Lipinski definition) is 3. The van der Waals surface area contributed by atoms with Gasteiger partial charge in [0.2, 0.25) is 0 Å². The Bertz CT molecular complexity index is 1130. The quantitative estimate of drug-likeness (QED) is 0.576. The average Bonchev–Trinajstić information content (AvgIpc) is 3.22. The first-order valence-electron chi connectivity index (χ1n) is 8.81. The molecule has 1 unspecified atom stereocenters. The summed E-state index contributed by atoms with van der Waals surface area (Å²) in [7, 11) is 0. The van der Waals surface area contributed by atoms with E-state index in [0.29, 0.717) is 32.5 Å². The summed E-state index contributed by atoms with van der Waals surface area (Å²) in [6, 6.07) is 11.8. The number of thiazole rings is 1. The molecule has 3 aromatic rings. The molecule has 0 aliphatic carbocycles. The van der Waals surface area contributed by atoms with Crippen molar-refractivity contribution in [1.29, 1.82) is 0 Å². The second-order valence-electron chi connectivity index (χ2n) is 6.72. The molecule has 0 spiro atoms. The molecule has 146 valence electrons. The maximum atomic E-state index is 12.8. The summed E-state index contributed by atoms with van der Waals surface area (Å²) in [5.41, 5.74) is 1.20. The molecule has 1 atom stereocenters. The Balaban J connectivity index is 1.58. The van der Waals surface area contributed by atoms with E-state index in [2.05, 4.69) is 25.9 Å². The van der Waals surface area contributed by atoms with E-state index in [9.17, 15) is 14.4 Å². The summed E-state index contributed by atoms with van der Waals surface area (Å²) < 4.78 is 0. The fraction of sp³-hybridized carbons (Fsp3) is 0.150. The number of nitrogens with zero attached hydrogens (tertiary/aromatic N) is 2. The molecule has 3 heterocycles. The Morgan fingerprint density at radius 3 is 2.69 bits per heavy atom. The van der Waals surface area contributed by atoms with Crippen LogP contribution in [0.2, 0.25) is 0 Å². The lowest BCUT2D eigenvalue weighted by Crippen LogP contribution is -2.40. The number of amides is 4. The zero-order valence-electron chi connectivity index (χ0n) is 15.6. The highest BCUT2D eigenvalue weighted by Crippen LogP contribution is 2.29. The van der Waals surface area contributed by atoms with Crippen LogP contribution in [0, 0.1) is 6.92 Å². The van der Waals surface area contributed by atoms with Crippen molar-refractivity contribution in [2.45, 2.75) is 19.4 Å². The molecule has 1 saturated heterocycles. The van der Waals surface area contributed by atoms with E-state index in [1.165, 1.54) is 11.3 Å². The molecule has 2 aromatic heterocycles. The maximum absolute atomic E-state index is 12.8. The number of rotatable bonds is 4. The molecule has 1 aliphatic heterocycles. The van der Waals surface area contributed by atoms with E-state index in [0.717, 1.165) is 0 Å². The van der Waals surface area contributed by atoms with Gasteiger partial charge in [-0.1, -0.05) is 18.2 Å². The average molecular weight is 407 g/mol. The van der Waals surface area contributed by atoms with Crippen molar-refractivity contribution in [3.05, 3.63) is 64.8 Å². The molecule has 29 heavy (non-hydrogen) atoms. The fourth-order valence-electron chi connectivity index (χ4n) is 3.05. The number of anilines is 1. The van der Waals surface area contributed by atoms with E-state index >= 15 is 0 Å². The molecular formula is C20H17N5O3S. The lowest BCUT2D eigenvalue weighted by atomic mass is 9.92. The maximum Gasteiger partial charge on any atom is 0.322 e. The van der Waals surface area contributed by atoms with Gasteiger partial charge >= 0.3 is 6.03 Å². The second kappa shape index (κ2) is 7.10. The number of carbonyl (C=O) groups excluding carboxylic acids is 3. The molecule has 9 heteroatoms. The topological polar surface area (TPSA) is 113 Å². The van der Waals surface area contributed by atoms with Gasteiger partial charge in [0.1, 0.15) is 15.4 Å². The molecule has 1 aliphatic rings. The third kappa shape index (κ3) is 3.47. The molecule has 1 aromatic carbocycles. The lowest BCUT2D eigenvalue weighted by molar-refractivity contribution is -0.123. The Kier molecular flexibility index (Phi) is 4.59. The third-order valence-electron chi connectivity index (χ3n) is 4.63. The van der Waals surface area contributed by atoms with E-state index in [-0.39, 0.29) is 5.91 Å². The molecule has 4 rings (SSSR count). The van der Waals surface area contributed by atoms with Crippen LogP contribution in [0.3, 0.4) is 0 Å². The predicted molar refractivity (Wildman–Crippen MR) is 109 cm³/mol. The van der Waals surface area contributed by atoms with Gasteiger partial charge in [-0.25, -0.2) is 9.78 Å². The number of benzene rings is 1. The van der Waals surface area contributed by atoms with Crippen molar-refractivity contribution >= 4 is 34.9 Å². The molecule has 3 N–H and O–H groups in total. The number of aromatic nitrogens is 2. The van der Waals surface area contributed by atoms with Crippen molar-refractivity contribution in [2.75, 3.05) is 5.32 Å². The van der Waals surface area contributed by atoms with E-state index in [1.807, 2.05) is 18.2 Å². The first-order valence-corrected chi connectivity index (χ1v) is 9.63. The van der Waals surface area contributed by atoms with Crippen LogP contribution in [0.15, 0.2) is 48.7 Å². The summed E-state index contributed by atoms with van der Waals surface area (Å²) in [5.74, 6) is -0.742. The molecule has 0 bridgehead atoms. The summed E-state index contributed by atoms with van der Waals surface area (Å²) in [6.45, 7) is 3.38. The Morgan fingerprint density at radius 1 is 1.17 bits per heavy atom. The highest BCUT2D eigenvalue weighted by Gasteiger charge is 2.43. The van der Waals surface area contributed by atoms with Crippen molar-refractivity contribution < 1.29 is 14.4 Å². The first-order chi connectivity index (χ1) is 13.9. The van der Waals surface area contributed by atoms with Crippen molar-refractivity contribution in [3.8, 4) is 10.7 Å². The lowest BCUT2D eigenvalue weighted by Gasteiger charge is -2.21. The van der Waals surface area contributed by atoms with Crippen LogP contribution < -0.4 is 16.0 Å². The minimum Gasteiger partial charge on any atom is -0.321 e. The van der Waals surface area contributed by atoms with Gasteiger partial charge in [0.25, 0.3) is 11.8 Å². The summed E-state index contributed by atoms with van der Waals surface area (Å²) >= 11 is 1.26. The predicted octanol–water partition coefficient (Wildman–Crippen LogP) is 2.82. The van der Waals surface area contributed by atoms with E-state index in [1.54, 1.807) is 44.3 Å². The molecule has 0 saturated carbocycles. The highest BCUT2D eigenvalue weighted by atomic mass is 32.1. The number of nitrogens with one attached hydrogen (secondary N) is 3. The van der Waals surface area contributed by atoms with Crippen LogP contribution in [-0.4, -0.2) is 27.8 Å². The van der Waals surface area contributed by atoms with Crippen LogP contribution in [0.5, 0.6) is 0 Å². The van der Waals surface area contributed by atoms with Crippen LogP contribution in [0.25, 0.3) is 10.7 Å². The number of carbonyl (C=O) groups is 3. The monoisotopic (exact) mass is 407 g/mol. The largest absolute Gasteiger partial charge is 0.322 e. The van der Waals surface area contributed by atoms with Gasteiger partial charge in [0.05, 0.1) is 11.4 Å². The van der Waals surface area contributed by atoms with E-state index in [4.69, 9.17) is 0 Å². The van der Waals surface area contributed by atoms with Crippen molar-refractivity contribution in [2.24, 2.45) is 0 Å². The van der Waals surface area contributed by atoms with Crippen LogP contribution in [0.1, 0.15) is 27.9 Å². The van der Waals surface area contributed by atoms with Crippen LogP contribution >= 0.6 is 11.3 Å². The van der Waals surface area contributed by atoms with Gasteiger partial charge in [-0.3, -0.25) is 19.9 Å². The minimum atomic E-state index is -1.19. The summed E-state index contributed by atoms with van der Waals surface area (Å²) in [4.78, 5) is 45.7. The zero-order chi connectivity index (χ0) is 20.6. The highest BCUT2D eigenvalue weighted by molar-refractivity contribution is 7.17. The fourth-order valence-corrected chi connectivity index (χ4v) is 3.99. The molecule has 8 nitrogen and oxygen atoms in total. The molecule has 4 amide bonds. The van der Waals surface area contributed by atoms with Gasteiger partial charge in [-0.05, 0) is 43.7 Å². The zero-order valence-corrected chi connectivity index (χ0v) is 16.5. The number of hydrogen-bond acceptors (Lipinski definition) is 6. The Hall–Kier alpha value is -3.59. The van der Waals surface area contributed by atoms with E-state index < -0.39 is 17.5 Å². The summed E-state index contributed by atoms with van der Waals surface area (Å²) in [6.07, 6.45) is 1.68. The molecular weight excluding hydrogens is 390 g/mol. The molecule has 1 fully saturated rings. The number of pyridine rings is 1. The van der Waals surface area contributed by atoms with Crippen LogP contribution in [-0.2, 0) is 10.3 Å². The Morgan fingerprint density at radius 2 is 2.00 bits per heavy atom. The van der Waals surface area contributed by atoms with Crippen molar-refractivity contribution in [3.63, 3.8) is 0 Å².